The molecule has 0 unspecified atom stereocenters. The SMILES string of the molecule is Cc1ccc(-c2noc(=O)[nH]2)cn1. The average Bonchev–Trinajstić information content (AvgIpc) is 2.53. The standard InChI is InChI=1S/C8H7N3O2/c1-5-2-3-6(4-9-5)7-10-8(12)13-11-7/h2-4H,1H3,(H,10,11,12). The van der Waals surface area contributed by atoms with Crippen LogP contribution < -0.4 is 5.76 Å². The number of aryl methyl sites for hydroxylation is 1. The van der Waals surface area contributed by atoms with Gasteiger partial charge in [-0.15, -0.1) is 0 Å². The first kappa shape index (κ1) is 7.72. The molecule has 0 radical (unpaired) electrons. The van der Waals surface area contributed by atoms with Crippen LogP contribution in [0.5, 0.6) is 0 Å². The van der Waals surface area contributed by atoms with Crippen LogP contribution in [0.3, 0.4) is 0 Å². The summed E-state index contributed by atoms with van der Waals surface area (Å²) in [6, 6.07) is 3.65. The number of aromatic nitrogens is 3. The lowest BCUT2D eigenvalue weighted by atomic mass is 10.2. The van der Waals surface area contributed by atoms with Crippen LogP contribution >= 0.6 is 0 Å². The van der Waals surface area contributed by atoms with E-state index >= 15 is 0 Å². The number of hydrogen-bond acceptors (Lipinski definition) is 4. The van der Waals surface area contributed by atoms with Crippen LogP contribution in [0, 0.1) is 6.92 Å². The van der Waals surface area contributed by atoms with Crippen molar-refractivity contribution in [1.29, 1.82) is 0 Å². The molecule has 1 N–H and O–H groups in total. The molecule has 0 spiro atoms. The summed E-state index contributed by atoms with van der Waals surface area (Å²) in [7, 11) is 0. The molecule has 0 aromatic carbocycles. The van der Waals surface area contributed by atoms with Crippen molar-refractivity contribution >= 4 is 0 Å². The number of H-pyrrole nitrogens is 1. The third kappa shape index (κ3) is 1.48. The van der Waals surface area contributed by atoms with Crippen molar-refractivity contribution in [2.75, 3.05) is 0 Å². The summed E-state index contributed by atoms with van der Waals surface area (Å²) in [4.78, 5) is 17.1. The maximum atomic E-state index is 10.6. The Hall–Kier alpha value is -1.91. The van der Waals surface area contributed by atoms with Crippen molar-refractivity contribution in [3.8, 4) is 11.4 Å². The second-order valence-corrected chi connectivity index (χ2v) is 2.63. The number of rotatable bonds is 1. The predicted octanol–water partition coefficient (Wildman–Crippen LogP) is 0.733. The number of nitrogens with one attached hydrogen (secondary N) is 1. The fraction of sp³-hybridized carbons (Fsp3) is 0.125. The first-order valence-electron chi connectivity index (χ1n) is 3.75. The zero-order valence-corrected chi connectivity index (χ0v) is 6.94. The Morgan fingerprint density at radius 2 is 2.31 bits per heavy atom. The largest absolute Gasteiger partial charge is 0.439 e. The van der Waals surface area contributed by atoms with Crippen LogP contribution in [0.15, 0.2) is 27.6 Å². The normalized spacial score (nSPS) is 10.2. The highest BCUT2D eigenvalue weighted by Crippen LogP contribution is 2.10. The smallest absolute Gasteiger partial charge is 0.296 e. The van der Waals surface area contributed by atoms with Crippen LogP contribution in [0.4, 0.5) is 0 Å². The van der Waals surface area contributed by atoms with Crippen LogP contribution in [0.1, 0.15) is 5.69 Å². The first-order chi connectivity index (χ1) is 6.25. The molecule has 0 aliphatic heterocycles. The lowest BCUT2D eigenvalue weighted by molar-refractivity contribution is 0.388. The van der Waals surface area contributed by atoms with Gasteiger partial charge in [-0.2, -0.15) is 0 Å². The third-order valence-corrected chi connectivity index (χ3v) is 1.63. The van der Waals surface area contributed by atoms with Gasteiger partial charge >= 0.3 is 5.76 Å². The Bertz CT molecular complexity index is 455. The van der Waals surface area contributed by atoms with Crippen molar-refractivity contribution in [3.63, 3.8) is 0 Å². The van der Waals surface area contributed by atoms with Gasteiger partial charge in [0.1, 0.15) is 0 Å². The Kier molecular flexibility index (Phi) is 1.70. The van der Waals surface area contributed by atoms with Gasteiger partial charge < -0.3 is 0 Å². The monoisotopic (exact) mass is 177 g/mol. The van der Waals surface area contributed by atoms with Crippen LogP contribution in [-0.4, -0.2) is 15.1 Å². The van der Waals surface area contributed by atoms with Gasteiger partial charge in [-0.25, -0.2) is 4.79 Å². The molecular weight excluding hydrogens is 170 g/mol. The summed E-state index contributed by atoms with van der Waals surface area (Å²) in [5.41, 5.74) is 1.64. The van der Waals surface area contributed by atoms with Crippen LogP contribution in [0.25, 0.3) is 11.4 Å². The van der Waals surface area contributed by atoms with E-state index in [1.54, 1.807) is 6.20 Å². The predicted molar refractivity (Wildman–Crippen MR) is 45.1 cm³/mol. The Morgan fingerprint density at radius 1 is 1.46 bits per heavy atom. The number of aromatic amines is 1. The molecule has 2 heterocycles. The van der Waals surface area contributed by atoms with E-state index < -0.39 is 5.76 Å². The first-order valence-corrected chi connectivity index (χ1v) is 3.75. The molecule has 5 heteroatoms. The highest BCUT2D eigenvalue weighted by Gasteiger charge is 2.02. The maximum Gasteiger partial charge on any atom is 0.439 e. The van der Waals surface area contributed by atoms with Crippen LogP contribution in [0.2, 0.25) is 0 Å². The fourth-order valence-corrected chi connectivity index (χ4v) is 0.962. The molecule has 13 heavy (non-hydrogen) atoms. The van der Waals surface area contributed by atoms with E-state index in [1.165, 1.54) is 0 Å². The molecule has 0 fully saturated rings. The Labute approximate surface area is 73.4 Å². The maximum absolute atomic E-state index is 10.6. The molecule has 66 valence electrons. The molecule has 2 rings (SSSR count). The van der Waals surface area contributed by atoms with E-state index in [9.17, 15) is 4.79 Å². The number of nitrogens with zero attached hydrogens (tertiary/aromatic N) is 2. The van der Waals surface area contributed by atoms with E-state index in [4.69, 9.17) is 0 Å². The van der Waals surface area contributed by atoms with Crippen LogP contribution in [-0.2, 0) is 0 Å². The van der Waals surface area contributed by atoms with Gasteiger partial charge in [0.2, 0.25) is 0 Å². The Balaban J connectivity index is 2.47. The molecule has 2 aromatic rings. The minimum absolute atomic E-state index is 0.400. The van der Waals surface area contributed by atoms with Gasteiger partial charge in [-0.3, -0.25) is 14.5 Å². The highest BCUT2D eigenvalue weighted by molar-refractivity contribution is 5.51. The van der Waals surface area contributed by atoms with Gasteiger partial charge in [0.05, 0.1) is 0 Å². The summed E-state index contributed by atoms with van der Waals surface area (Å²) >= 11 is 0. The van der Waals surface area contributed by atoms with Crippen molar-refractivity contribution < 1.29 is 4.52 Å². The minimum Gasteiger partial charge on any atom is -0.296 e. The second kappa shape index (κ2) is 2.85. The summed E-state index contributed by atoms with van der Waals surface area (Å²) in [5, 5.41) is 3.53. The van der Waals surface area contributed by atoms with Gasteiger partial charge in [-0.05, 0) is 19.1 Å². The van der Waals surface area contributed by atoms with Crippen molar-refractivity contribution in [1.82, 2.24) is 15.1 Å². The average molecular weight is 177 g/mol. The number of hydrogen-bond donors (Lipinski definition) is 1. The van der Waals surface area contributed by atoms with E-state index in [1.807, 2.05) is 19.1 Å². The van der Waals surface area contributed by atoms with E-state index in [0.717, 1.165) is 11.3 Å². The van der Waals surface area contributed by atoms with E-state index in [-0.39, 0.29) is 0 Å². The van der Waals surface area contributed by atoms with Crippen molar-refractivity contribution in [2.24, 2.45) is 0 Å². The summed E-state index contributed by atoms with van der Waals surface area (Å²) in [6.45, 7) is 1.88. The molecule has 0 saturated carbocycles. The summed E-state index contributed by atoms with van der Waals surface area (Å²) < 4.78 is 4.36. The molecule has 0 bridgehead atoms. The molecule has 2 aromatic heterocycles. The van der Waals surface area contributed by atoms with Gasteiger partial charge in [0, 0.05) is 17.5 Å². The van der Waals surface area contributed by atoms with E-state index in [2.05, 4.69) is 19.6 Å². The zero-order valence-electron chi connectivity index (χ0n) is 6.94. The fourth-order valence-electron chi connectivity index (χ4n) is 0.962. The molecule has 0 aliphatic carbocycles. The lowest BCUT2D eigenvalue weighted by Crippen LogP contribution is -1.95. The van der Waals surface area contributed by atoms with Crippen molar-refractivity contribution in [2.45, 2.75) is 6.92 Å². The molecule has 0 aliphatic rings. The van der Waals surface area contributed by atoms with Gasteiger partial charge in [0.25, 0.3) is 0 Å². The highest BCUT2D eigenvalue weighted by atomic mass is 16.5. The molecule has 0 atom stereocenters. The molecule has 5 nitrogen and oxygen atoms in total. The molecule has 0 amide bonds. The molecular formula is C8H7N3O2. The van der Waals surface area contributed by atoms with E-state index in [0.29, 0.717) is 5.82 Å². The molecule has 0 saturated heterocycles. The summed E-state index contributed by atoms with van der Waals surface area (Å²) in [6.07, 6.45) is 1.63. The quantitative estimate of drug-likeness (QED) is 0.697. The van der Waals surface area contributed by atoms with Crippen molar-refractivity contribution in [3.05, 3.63) is 34.6 Å². The third-order valence-electron chi connectivity index (χ3n) is 1.63. The lowest BCUT2D eigenvalue weighted by Gasteiger charge is -1.93. The Morgan fingerprint density at radius 3 is 2.85 bits per heavy atom. The topological polar surface area (TPSA) is 71.8 Å². The second-order valence-electron chi connectivity index (χ2n) is 2.63. The van der Waals surface area contributed by atoms with Gasteiger partial charge in [0.15, 0.2) is 5.82 Å². The minimum atomic E-state index is -0.560. The summed E-state index contributed by atoms with van der Waals surface area (Å²) in [5.74, 6) is -0.159. The number of pyridine rings is 1. The zero-order chi connectivity index (χ0) is 9.26. The van der Waals surface area contributed by atoms with Gasteiger partial charge in [-0.1, -0.05) is 5.16 Å².